The van der Waals surface area contributed by atoms with Gasteiger partial charge in [-0.25, -0.2) is 9.79 Å². The highest BCUT2D eigenvalue weighted by molar-refractivity contribution is 8.16. The van der Waals surface area contributed by atoms with E-state index >= 15 is 0 Å². The van der Waals surface area contributed by atoms with Crippen molar-refractivity contribution < 1.29 is 23.8 Å². The number of aliphatic imine (C=N–C) groups is 1. The second-order valence-electron chi connectivity index (χ2n) is 8.20. The molecule has 0 fully saturated rings. The van der Waals surface area contributed by atoms with Crippen LogP contribution in [0.25, 0.3) is 0 Å². The number of rotatable bonds is 10. The number of ether oxygens (including phenoxy) is 3. The number of fused-ring (bicyclic) bond motifs is 1. The van der Waals surface area contributed by atoms with Crippen molar-refractivity contribution in [2.45, 2.75) is 25.9 Å². The summed E-state index contributed by atoms with van der Waals surface area (Å²) >= 11 is 1.40. The lowest BCUT2D eigenvalue weighted by molar-refractivity contribution is -0.138. The summed E-state index contributed by atoms with van der Waals surface area (Å²) in [6.07, 6.45) is 3.28. The topological polar surface area (TPSA) is 102 Å². The van der Waals surface area contributed by atoms with Crippen LogP contribution < -0.4 is 14.8 Å². The SMILES string of the molecule is C=CCOC(=O)C1=C(C)N=C2SC=C(CC(=O)NCc3ccccn3)N2[C@@H]1c1cc(OC)cc(OC)c1. The minimum absolute atomic E-state index is 0.0632. The van der Waals surface area contributed by atoms with E-state index in [0.29, 0.717) is 40.2 Å². The van der Waals surface area contributed by atoms with Crippen molar-refractivity contribution in [3.05, 3.63) is 88.9 Å². The normalized spacial score (nSPS) is 16.4. The van der Waals surface area contributed by atoms with Gasteiger partial charge in [0.25, 0.3) is 0 Å². The predicted molar refractivity (Wildman–Crippen MR) is 142 cm³/mol. The Balaban J connectivity index is 1.68. The third-order valence-electron chi connectivity index (χ3n) is 5.78. The summed E-state index contributed by atoms with van der Waals surface area (Å²) in [7, 11) is 3.13. The van der Waals surface area contributed by atoms with E-state index in [1.165, 1.54) is 17.8 Å². The summed E-state index contributed by atoms with van der Waals surface area (Å²) in [5.74, 6) is 0.450. The molecule has 0 aliphatic carbocycles. The van der Waals surface area contributed by atoms with E-state index in [-0.39, 0.29) is 18.9 Å². The molecule has 1 atom stereocenters. The summed E-state index contributed by atoms with van der Waals surface area (Å²) in [4.78, 5) is 37.0. The number of esters is 1. The number of carbonyl (C=O) groups excluding carboxylic acids is 2. The zero-order valence-electron chi connectivity index (χ0n) is 20.9. The van der Waals surface area contributed by atoms with E-state index in [4.69, 9.17) is 14.2 Å². The van der Waals surface area contributed by atoms with Crippen molar-refractivity contribution in [2.75, 3.05) is 20.8 Å². The molecular weight excluding hydrogens is 492 g/mol. The molecule has 0 spiro atoms. The number of pyridine rings is 1. The number of allylic oxidation sites excluding steroid dienone is 1. The first-order valence-electron chi connectivity index (χ1n) is 11.6. The Kier molecular flexibility index (Phi) is 8.29. The van der Waals surface area contributed by atoms with Crippen LogP contribution in [0, 0.1) is 0 Å². The number of aromatic nitrogens is 1. The van der Waals surface area contributed by atoms with Gasteiger partial charge in [-0.05, 0) is 42.2 Å². The number of hydrogen-bond acceptors (Lipinski definition) is 9. The van der Waals surface area contributed by atoms with Gasteiger partial charge in [0.1, 0.15) is 18.1 Å². The second-order valence-corrected chi connectivity index (χ2v) is 9.04. The van der Waals surface area contributed by atoms with Gasteiger partial charge >= 0.3 is 5.97 Å². The molecule has 1 aromatic heterocycles. The number of methoxy groups -OCH3 is 2. The van der Waals surface area contributed by atoms with Crippen molar-refractivity contribution >= 4 is 28.8 Å². The van der Waals surface area contributed by atoms with Crippen LogP contribution >= 0.6 is 11.8 Å². The second kappa shape index (κ2) is 11.8. The van der Waals surface area contributed by atoms with Gasteiger partial charge in [0.15, 0.2) is 5.17 Å². The molecule has 37 heavy (non-hydrogen) atoms. The van der Waals surface area contributed by atoms with E-state index in [0.717, 1.165) is 11.3 Å². The van der Waals surface area contributed by atoms with Gasteiger partial charge in [0.05, 0.1) is 50.2 Å². The number of amides is 1. The zero-order chi connectivity index (χ0) is 26.4. The van der Waals surface area contributed by atoms with Gasteiger partial charge in [0, 0.05) is 18.0 Å². The fourth-order valence-corrected chi connectivity index (χ4v) is 5.03. The van der Waals surface area contributed by atoms with Gasteiger partial charge in [-0.15, -0.1) is 0 Å². The summed E-state index contributed by atoms with van der Waals surface area (Å²) in [5, 5.41) is 5.46. The number of carbonyl (C=O) groups is 2. The third kappa shape index (κ3) is 5.86. The molecule has 192 valence electrons. The molecule has 1 aromatic carbocycles. The lowest BCUT2D eigenvalue weighted by atomic mass is 9.93. The Morgan fingerprint density at radius 2 is 1.95 bits per heavy atom. The van der Waals surface area contributed by atoms with E-state index < -0.39 is 12.0 Å². The van der Waals surface area contributed by atoms with Crippen LogP contribution in [0.5, 0.6) is 11.5 Å². The fourth-order valence-electron chi connectivity index (χ4n) is 4.06. The Morgan fingerprint density at radius 3 is 2.59 bits per heavy atom. The Bertz CT molecular complexity index is 1270. The first kappa shape index (κ1) is 26.0. The first-order valence-corrected chi connectivity index (χ1v) is 12.4. The monoisotopic (exact) mass is 520 g/mol. The number of thioether (sulfide) groups is 1. The van der Waals surface area contributed by atoms with Crippen molar-refractivity contribution in [2.24, 2.45) is 4.99 Å². The predicted octanol–water partition coefficient (Wildman–Crippen LogP) is 4.11. The summed E-state index contributed by atoms with van der Waals surface area (Å²) < 4.78 is 16.4. The maximum absolute atomic E-state index is 13.2. The molecule has 0 unspecified atom stereocenters. The molecule has 0 radical (unpaired) electrons. The minimum Gasteiger partial charge on any atom is -0.497 e. The van der Waals surface area contributed by atoms with Gasteiger partial charge in [-0.2, -0.15) is 0 Å². The van der Waals surface area contributed by atoms with Crippen LogP contribution in [-0.2, 0) is 20.9 Å². The van der Waals surface area contributed by atoms with Gasteiger partial charge < -0.3 is 24.4 Å². The maximum Gasteiger partial charge on any atom is 0.338 e. The first-order chi connectivity index (χ1) is 17.9. The van der Waals surface area contributed by atoms with E-state index in [1.54, 1.807) is 33.4 Å². The number of nitrogens with one attached hydrogen (secondary N) is 1. The maximum atomic E-state index is 13.2. The standard InChI is InChI=1S/C27H28N4O5S/c1-5-10-36-26(33)24-17(2)30-27-31(25(24)18-11-21(34-3)14-22(12-18)35-4)20(16-37-27)13-23(32)29-15-19-8-6-7-9-28-19/h5-9,11-12,14,16,25H,1,10,13,15H2,2-4H3,(H,29,32)/t25-/m1/s1. The lowest BCUT2D eigenvalue weighted by Crippen LogP contribution is -2.38. The quantitative estimate of drug-likeness (QED) is 0.369. The summed E-state index contributed by atoms with van der Waals surface area (Å²) in [6, 6.07) is 10.4. The fraction of sp³-hybridized carbons (Fsp3) is 0.259. The third-order valence-corrected chi connectivity index (χ3v) is 6.67. The highest BCUT2D eigenvalue weighted by atomic mass is 32.2. The minimum atomic E-state index is -0.612. The van der Waals surface area contributed by atoms with Crippen LogP contribution in [0.3, 0.4) is 0 Å². The molecule has 0 saturated carbocycles. The molecule has 10 heteroatoms. The number of nitrogens with zero attached hydrogens (tertiary/aromatic N) is 3. The summed E-state index contributed by atoms with van der Waals surface area (Å²) in [6.45, 7) is 5.78. The number of benzene rings is 1. The van der Waals surface area contributed by atoms with Crippen LogP contribution in [0.1, 0.15) is 30.6 Å². The van der Waals surface area contributed by atoms with Crippen LogP contribution in [0.2, 0.25) is 0 Å². The van der Waals surface area contributed by atoms with Crippen molar-refractivity contribution in [1.29, 1.82) is 0 Å². The molecule has 0 bridgehead atoms. The van der Waals surface area contributed by atoms with Gasteiger partial charge in [-0.3, -0.25) is 9.78 Å². The van der Waals surface area contributed by atoms with Crippen LogP contribution in [0.15, 0.2) is 82.6 Å². The highest BCUT2D eigenvalue weighted by Gasteiger charge is 2.41. The largest absolute Gasteiger partial charge is 0.497 e. The van der Waals surface area contributed by atoms with Crippen molar-refractivity contribution in [1.82, 2.24) is 15.2 Å². The Hall–Kier alpha value is -4.05. The van der Waals surface area contributed by atoms with Gasteiger partial charge in [-0.1, -0.05) is 30.5 Å². The average Bonchev–Trinajstić information content (AvgIpc) is 3.31. The van der Waals surface area contributed by atoms with Gasteiger partial charge in [0.2, 0.25) is 5.91 Å². The molecule has 2 aromatic rings. The zero-order valence-corrected chi connectivity index (χ0v) is 21.7. The molecule has 0 saturated heterocycles. The smallest absolute Gasteiger partial charge is 0.338 e. The molecule has 1 N–H and O–H groups in total. The molecule has 3 heterocycles. The van der Waals surface area contributed by atoms with Crippen LogP contribution in [-0.4, -0.2) is 47.8 Å². The Labute approximate surface area is 219 Å². The molecule has 2 aliphatic rings. The number of hydrogen-bond donors (Lipinski definition) is 1. The molecule has 9 nitrogen and oxygen atoms in total. The lowest BCUT2D eigenvalue weighted by Gasteiger charge is -2.36. The molecular formula is C27H28N4O5S. The summed E-state index contributed by atoms with van der Waals surface area (Å²) in [5.41, 5.74) is 3.10. The average molecular weight is 521 g/mol. The molecule has 4 rings (SSSR count). The molecule has 1 amide bonds. The van der Waals surface area contributed by atoms with Crippen molar-refractivity contribution in [3.63, 3.8) is 0 Å². The van der Waals surface area contributed by atoms with E-state index in [2.05, 4.69) is 21.9 Å². The highest BCUT2D eigenvalue weighted by Crippen LogP contribution is 2.46. The van der Waals surface area contributed by atoms with E-state index in [9.17, 15) is 9.59 Å². The van der Waals surface area contributed by atoms with Crippen molar-refractivity contribution in [3.8, 4) is 11.5 Å². The van der Waals surface area contributed by atoms with E-state index in [1.807, 2.05) is 40.6 Å². The number of amidine groups is 1. The van der Waals surface area contributed by atoms with Crippen LogP contribution in [0.4, 0.5) is 0 Å². The molecule has 2 aliphatic heterocycles. The Morgan fingerprint density at radius 1 is 1.19 bits per heavy atom.